The van der Waals surface area contributed by atoms with E-state index in [9.17, 15) is 9.90 Å². The Morgan fingerprint density at radius 1 is 1.47 bits per heavy atom. The molecule has 0 fully saturated rings. The fourth-order valence-corrected chi connectivity index (χ4v) is 1.84. The second-order valence-electron chi connectivity index (χ2n) is 4.40. The van der Waals surface area contributed by atoms with Gasteiger partial charge in [-0.2, -0.15) is 0 Å². The van der Waals surface area contributed by atoms with Crippen molar-refractivity contribution in [3.63, 3.8) is 0 Å². The number of benzene rings is 1. The summed E-state index contributed by atoms with van der Waals surface area (Å²) in [6.45, 7) is 1.42. The Morgan fingerprint density at radius 3 is 2.95 bits per heavy atom. The third-order valence-corrected chi connectivity index (χ3v) is 3.00. The lowest BCUT2D eigenvalue weighted by Crippen LogP contribution is -2.37. The predicted molar refractivity (Wildman–Crippen MR) is 70.5 cm³/mol. The molecule has 2 rings (SSSR count). The van der Waals surface area contributed by atoms with Crippen molar-refractivity contribution >= 4 is 16.9 Å². The molecule has 0 aliphatic heterocycles. The molecule has 1 aromatic carbocycles. The summed E-state index contributed by atoms with van der Waals surface area (Å²) in [5.74, 6) is -0.226. The fraction of sp³-hybridized carbons (Fsp3) is 0.385. The molecule has 19 heavy (non-hydrogen) atoms. The molecular weight excluding hydrogens is 246 g/mol. The van der Waals surface area contributed by atoms with Crippen LogP contribution in [0.15, 0.2) is 30.6 Å². The summed E-state index contributed by atoms with van der Waals surface area (Å²) in [5, 5.41) is 20.5. The highest BCUT2D eigenvalue weighted by molar-refractivity contribution is 5.83. The van der Waals surface area contributed by atoms with Gasteiger partial charge in [0.1, 0.15) is 6.04 Å². The molecule has 6 nitrogen and oxygen atoms in total. The number of hydrogen-bond donors (Lipinski definition) is 3. The maximum Gasteiger partial charge on any atom is 0.242 e. The van der Waals surface area contributed by atoms with Crippen molar-refractivity contribution in [1.82, 2.24) is 14.9 Å². The summed E-state index contributed by atoms with van der Waals surface area (Å²) in [6.07, 6.45) is 0.688. The highest BCUT2D eigenvalue weighted by Crippen LogP contribution is 2.17. The van der Waals surface area contributed by atoms with Crippen LogP contribution >= 0.6 is 0 Å². The Morgan fingerprint density at radius 2 is 2.21 bits per heavy atom. The molecule has 0 aliphatic carbocycles. The summed E-state index contributed by atoms with van der Waals surface area (Å²) in [4.78, 5) is 16.2. The molecule has 0 bridgehead atoms. The highest BCUT2D eigenvalue weighted by Gasteiger charge is 2.17. The molecule has 2 atom stereocenters. The number of para-hydroxylation sites is 2. The minimum Gasteiger partial charge on any atom is -0.394 e. The number of carbonyl (C=O) groups is 1. The zero-order valence-corrected chi connectivity index (χ0v) is 10.7. The zero-order valence-electron chi connectivity index (χ0n) is 10.7. The van der Waals surface area contributed by atoms with Gasteiger partial charge in [-0.15, -0.1) is 0 Å². The average molecular weight is 263 g/mol. The third-order valence-electron chi connectivity index (χ3n) is 3.00. The average Bonchev–Trinajstić information content (AvgIpc) is 2.87. The van der Waals surface area contributed by atoms with Crippen LogP contribution in [0.3, 0.4) is 0 Å². The largest absolute Gasteiger partial charge is 0.394 e. The van der Waals surface area contributed by atoms with Crippen LogP contribution in [0.25, 0.3) is 11.0 Å². The molecule has 2 unspecified atom stereocenters. The van der Waals surface area contributed by atoms with Gasteiger partial charge in [0.15, 0.2) is 0 Å². The van der Waals surface area contributed by atoms with Crippen LogP contribution in [0, 0.1) is 0 Å². The van der Waals surface area contributed by atoms with Crippen molar-refractivity contribution in [2.45, 2.75) is 19.1 Å². The van der Waals surface area contributed by atoms with Crippen LogP contribution in [-0.2, 0) is 4.79 Å². The van der Waals surface area contributed by atoms with Crippen molar-refractivity contribution in [3.05, 3.63) is 30.6 Å². The summed E-state index contributed by atoms with van der Waals surface area (Å²) in [7, 11) is 0. The van der Waals surface area contributed by atoms with E-state index in [-0.39, 0.29) is 19.1 Å². The van der Waals surface area contributed by atoms with E-state index in [4.69, 9.17) is 5.11 Å². The van der Waals surface area contributed by atoms with E-state index in [1.54, 1.807) is 17.8 Å². The van der Waals surface area contributed by atoms with Crippen LogP contribution in [0.2, 0.25) is 0 Å². The lowest BCUT2D eigenvalue weighted by molar-refractivity contribution is -0.124. The van der Waals surface area contributed by atoms with Crippen molar-refractivity contribution < 1.29 is 15.0 Å². The first-order chi connectivity index (χ1) is 9.13. The quantitative estimate of drug-likeness (QED) is 0.712. The van der Waals surface area contributed by atoms with E-state index < -0.39 is 12.1 Å². The number of nitrogens with one attached hydrogen (secondary N) is 1. The van der Waals surface area contributed by atoms with Gasteiger partial charge in [-0.3, -0.25) is 4.79 Å². The minimum atomic E-state index is -0.935. The van der Waals surface area contributed by atoms with Crippen LogP contribution in [0.4, 0.5) is 0 Å². The Hall–Kier alpha value is -1.92. The number of rotatable bonds is 5. The zero-order chi connectivity index (χ0) is 13.8. The number of nitrogens with zero attached hydrogens (tertiary/aromatic N) is 2. The first-order valence-electron chi connectivity index (χ1n) is 6.11. The standard InChI is InChI=1S/C13H17N3O3/c1-9(13(19)14-6-10(18)7-17)16-8-15-11-4-2-3-5-12(11)16/h2-5,8-10,17-18H,6-7H2,1H3,(H,14,19). The number of carbonyl (C=O) groups excluding carboxylic acids is 1. The number of aromatic nitrogens is 2. The predicted octanol–water partition coefficient (Wildman–Crippen LogP) is 0.0667. The molecule has 2 aromatic rings. The molecule has 6 heteroatoms. The number of imidazole rings is 1. The van der Waals surface area contributed by atoms with E-state index in [2.05, 4.69) is 10.3 Å². The van der Waals surface area contributed by atoms with Gasteiger partial charge < -0.3 is 20.1 Å². The summed E-state index contributed by atoms with van der Waals surface area (Å²) < 4.78 is 1.77. The Bertz CT molecular complexity index is 567. The summed E-state index contributed by atoms with van der Waals surface area (Å²) >= 11 is 0. The van der Waals surface area contributed by atoms with Crippen LogP contribution in [-0.4, -0.2) is 44.9 Å². The first-order valence-corrected chi connectivity index (χ1v) is 6.11. The van der Waals surface area contributed by atoms with Gasteiger partial charge >= 0.3 is 0 Å². The van der Waals surface area contributed by atoms with Gasteiger partial charge in [-0.05, 0) is 19.1 Å². The molecule has 0 saturated heterocycles. The molecule has 1 aromatic heterocycles. The molecular formula is C13H17N3O3. The number of aliphatic hydroxyl groups is 2. The maximum atomic E-state index is 12.0. The van der Waals surface area contributed by atoms with E-state index in [0.29, 0.717) is 0 Å². The minimum absolute atomic E-state index is 0.0340. The van der Waals surface area contributed by atoms with E-state index in [1.807, 2.05) is 24.3 Å². The second-order valence-corrected chi connectivity index (χ2v) is 4.40. The molecule has 1 amide bonds. The van der Waals surface area contributed by atoms with E-state index in [0.717, 1.165) is 11.0 Å². The molecule has 1 heterocycles. The fourth-order valence-electron chi connectivity index (χ4n) is 1.84. The highest BCUT2D eigenvalue weighted by atomic mass is 16.3. The molecule has 0 aliphatic rings. The smallest absolute Gasteiger partial charge is 0.242 e. The molecule has 102 valence electrons. The van der Waals surface area contributed by atoms with Crippen molar-refractivity contribution in [3.8, 4) is 0 Å². The van der Waals surface area contributed by atoms with Crippen LogP contribution in [0.1, 0.15) is 13.0 Å². The number of aliphatic hydroxyl groups excluding tert-OH is 2. The third kappa shape index (κ3) is 2.91. The monoisotopic (exact) mass is 263 g/mol. The maximum absolute atomic E-state index is 12.0. The van der Waals surface area contributed by atoms with E-state index in [1.165, 1.54) is 0 Å². The van der Waals surface area contributed by atoms with Gasteiger partial charge in [0.05, 0.1) is 30.1 Å². The topological polar surface area (TPSA) is 87.4 Å². The Balaban J connectivity index is 2.10. The lowest BCUT2D eigenvalue weighted by atomic mass is 10.2. The van der Waals surface area contributed by atoms with Gasteiger partial charge in [-0.25, -0.2) is 4.98 Å². The van der Waals surface area contributed by atoms with Gasteiger partial charge in [0.25, 0.3) is 0 Å². The van der Waals surface area contributed by atoms with E-state index >= 15 is 0 Å². The Labute approximate surface area is 110 Å². The van der Waals surface area contributed by atoms with Gasteiger partial charge in [0, 0.05) is 6.54 Å². The van der Waals surface area contributed by atoms with Gasteiger partial charge in [-0.1, -0.05) is 12.1 Å². The van der Waals surface area contributed by atoms with Crippen molar-refractivity contribution in [2.24, 2.45) is 0 Å². The van der Waals surface area contributed by atoms with Crippen LogP contribution in [0.5, 0.6) is 0 Å². The van der Waals surface area contributed by atoms with Gasteiger partial charge in [0.2, 0.25) is 5.91 Å². The Kier molecular flexibility index (Phi) is 4.13. The van der Waals surface area contributed by atoms with Crippen molar-refractivity contribution in [1.29, 1.82) is 0 Å². The lowest BCUT2D eigenvalue weighted by Gasteiger charge is -2.15. The van der Waals surface area contributed by atoms with Crippen molar-refractivity contribution in [2.75, 3.05) is 13.2 Å². The second kappa shape index (κ2) is 5.81. The first kappa shape index (κ1) is 13.5. The molecule has 0 saturated carbocycles. The molecule has 0 radical (unpaired) electrons. The molecule has 0 spiro atoms. The number of hydrogen-bond acceptors (Lipinski definition) is 4. The molecule has 3 N–H and O–H groups in total. The number of fused-ring (bicyclic) bond motifs is 1. The SMILES string of the molecule is CC(C(=O)NCC(O)CO)n1cnc2ccccc21. The summed E-state index contributed by atoms with van der Waals surface area (Å²) in [6, 6.07) is 7.13. The van der Waals surface area contributed by atoms with Crippen LogP contribution < -0.4 is 5.32 Å². The number of amides is 1. The summed E-state index contributed by atoms with van der Waals surface area (Å²) in [5.41, 5.74) is 1.71. The normalized spacial score (nSPS) is 14.3.